The second kappa shape index (κ2) is 5.60. The van der Waals surface area contributed by atoms with Crippen molar-refractivity contribution < 1.29 is 14.7 Å². The van der Waals surface area contributed by atoms with E-state index in [1.807, 2.05) is 4.90 Å². The van der Waals surface area contributed by atoms with Crippen LogP contribution in [0.15, 0.2) is 0 Å². The van der Waals surface area contributed by atoms with Crippen LogP contribution in [0.1, 0.15) is 33.6 Å². The first-order valence-corrected chi connectivity index (χ1v) is 7.33. The first-order chi connectivity index (χ1) is 9.31. The smallest absolute Gasteiger partial charge is 0.317 e. The Balaban J connectivity index is 1.90. The van der Waals surface area contributed by atoms with E-state index in [-0.39, 0.29) is 18.6 Å². The van der Waals surface area contributed by atoms with Gasteiger partial charge in [-0.15, -0.1) is 0 Å². The van der Waals surface area contributed by atoms with Crippen LogP contribution in [0.2, 0.25) is 0 Å². The number of urea groups is 1. The molecule has 2 amide bonds. The summed E-state index contributed by atoms with van der Waals surface area (Å²) in [6.45, 7) is 8.24. The number of fused-ring (bicyclic) bond motifs is 1. The molecule has 2 N–H and O–H groups in total. The molecular weight excluding hydrogens is 258 g/mol. The maximum atomic E-state index is 12.3. The van der Waals surface area contributed by atoms with E-state index in [4.69, 9.17) is 5.11 Å². The monoisotopic (exact) mass is 283 g/mol. The lowest BCUT2D eigenvalue weighted by Gasteiger charge is -2.42. The van der Waals surface area contributed by atoms with Gasteiger partial charge < -0.3 is 15.3 Å². The molecular formula is C14H25N3O3. The van der Waals surface area contributed by atoms with Gasteiger partial charge in [0.25, 0.3) is 0 Å². The molecule has 2 atom stereocenters. The number of carboxylic acid groups (broad SMARTS) is 1. The summed E-state index contributed by atoms with van der Waals surface area (Å²) in [5, 5.41) is 11.8. The summed E-state index contributed by atoms with van der Waals surface area (Å²) in [4.78, 5) is 27.6. The number of carbonyl (C=O) groups excluding carboxylic acids is 1. The van der Waals surface area contributed by atoms with Gasteiger partial charge in [-0.2, -0.15) is 0 Å². The fraction of sp³-hybridized carbons (Fsp3) is 0.857. The number of rotatable bonds is 3. The minimum absolute atomic E-state index is 0.140. The van der Waals surface area contributed by atoms with E-state index in [1.165, 1.54) is 6.42 Å². The van der Waals surface area contributed by atoms with Gasteiger partial charge in [0, 0.05) is 31.7 Å². The molecule has 0 radical (unpaired) electrons. The van der Waals surface area contributed by atoms with Crippen molar-refractivity contribution >= 4 is 12.0 Å². The summed E-state index contributed by atoms with van der Waals surface area (Å²) in [5.41, 5.74) is -0.936. The Morgan fingerprint density at radius 2 is 2.05 bits per heavy atom. The number of amides is 2. The zero-order chi connectivity index (χ0) is 14.9. The van der Waals surface area contributed by atoms with Crippen LogP contribution in [0.3, 0.4) is 0 Å². The molecule has 0 saturated carbocycles. The number of hydrogen-bond acceptors (Lipinski definition) is 3. The number of carboxylic acids is 1. The molecule has 6 heteroatoms. The van der Waals surface area contributed by atoms with Crippen LogP contribution in [0.4, 0.5) is 4.79 Å². The highest BCUT2D eigenvalue weighted by Gasteiger charge is 2.37. The minimum Gasteiger partial charge on any atom is -0.481 e. The summed E-state index contributed by atoms with van der Waals surface area (Å²) < 4.78 is 0. The summed E-state index contributed by atoms with van der Waals surface area (Å²) in [7, 11) is 0. The highest BCUT2D eigenvalue weighted by atomic mass is 16.4. The van der Waals surface area contributed by atoms with Crippen molar-refractivity contribution in [3.63, 3.8) is 0 Å². The van der Waals surface area contributed by atoms with Crippen molar-refractivity contribution in [2.24, 2.45) is 5.41 Å². The highest BCUT2D eigenvalue weighted by Crippen LogP contribution is 2.24. The fourth-order valence-electron chi connectivity index (χ4n) is 2.94. The van der Waals surface area contributed by atoms with Crippen LogP contribution in [-0.2, 0) is 4.79 Å². The van der Waals surface area contributed by atoms with Gasteiger partial charge in [-0.25, -0.2) is 4.79 Å². The molecule has 2 saturated heterocycles. The molecule has 2 heterocycles. The Morgan fingerprint density at radius 3 is 2.70 bits per heavy atom. The Morgan fingerprint density at radius 1 is 1.35 bits per heavy atom. The summed E-state index contributed by atoms with van der Waals surface area (Å²) >= 11 is 0. The zero-order valence-corrected chi connectivity index (χ0v) is 12.6. The Hall–Kier alpha value is -1.30. The Bertz CT molecular complexity index is 397. The topological polar surface area (TPSA) is 72.9 Å². The number of carbonyl (C=O) groups is 2. The second-order valence-electron chi connectivity index (χ2n) is 6.64. The molecule has 0 bridgehead atoms. The third kappa shape index (κ3) is 3.06. The van der Waals surface area contributed by atoms with Crippen LogP contribution in [0.5, 0.6) is 0 Å². The van der Waals surface area contributed by atoms with E-state index in [2.05, 4.69) is 17.1 Å². The maximum Gasteiger partial charge on any atom is 0.317 e. The largest absolute Gasteiger partial charge is 0.481 e. The average Bonchev–Trinajstić information content (AvgIpc) is 2.81. The van der Waals surface area contributed by atoms with Crippen LogP contribution < -0.4 is 5.32 Å². The van der Waals surface area contributed by atoms with E-state index in [0.29, 0.717) is 6.04 Å². The van der Waals surface area contributed by atoms with Crippen molar-refractivity contribution in [1.29, 1.82) is 0 Å². The standard InChI is InChI=1S/C14H25N3O3/c1-10-7-16-6-4-5-11(16)8-17(10)13(20)15-9-14(2,3)12(18)19/h10-11H,4-9H2,1-3H3,(H,15,20)(H,18,19). The van der Waals surface area contributed by atoms with Gasteiger partial charge in [0.15, 0.2) is 0 Å². The van der Waals surface area contributed by atoms with E-state index < -0.39 is 11.4 Å². The van der Waals surface area contributed by atoms with Gasteiger partial charge in [0.2, 0.25) is 0 Å². The average molecular weight is 283 g/mol. The Kier molecular flexibility index (Phi) is 4.22. The summed E-state index contributed by atoms with van der Waals surface area (Å²) in [5.74, 6) is -0.897. The molecule has 0 aliphatic carbocycles. The molecule has 2 aliphatic rings. The SMILES string of the molecule is CC1CN2CCCC2CN1C(=O)NCC(C)(C)C(=O)O. The number of nitrogens with one attached hydrogen (secondary N) is 1. The maximum absolute atomic E-state index is 12.3. The lowest BCUT2D eigenvalue weighted by molar-refractivity contribution is -0.146. The van der Waals surface area contributed by atoms with E-state index >= 15 is 0 Å². The van der Waals surface area contributed by atoms with Crippen molar-refractivity contribution in [2.75, 3.05) is 26.2 Å². The van der Waals surface area contributed by atoms with Gasteiger partial charge in [0.05, 0.1) is 5.41 Å². The second-order valence-corrected chi connectivity index (χ2v) is 6.64. The predicted molar refractivity (Wildman–Crippen MR) is 75.6 cm³/mol. The minimum atomic E-state index is -0.936. The van der Waals surface area contributed by atoms with Gasteiger partial charge in [-0.1, -0.05) is 0 Å². The van der Waals surface area contributed by atoms with Crippen molar-refractivity contribution in [3.05, 3.63) is 0 Å². The van der Waals surface area contributed by atoms with Crippen molar-refractivity contribution in [1.82, 2.24) is 15.1 Å². The third-order valence-electron chi connectivity index (χ3n) is 4.46. The molecule has 20 heavy (non-hydrogen) atoms. The Labute approximate surface area is 120 Å². The number of aliphatic carboxylic acids is 1. The van der Waals surface area contributed by atoms with E-state index in [0.717, 1.165) is 26.1 Å². The molecule has 114 valence electrons. The molecule has 2 rings (SSSR count). The molecule has 0 aromatic rings. The van der Waals surface area contributed by atoms with E-state index in [1.54, 1.807) is 13.8 Å². The molecule has 2 fully saturated rings. The van der Waals surface area contributed by atoms with Gasteiger partial charge in [-0.05, 0) is 40.2 Å². The number of nitrogens with zero attached hydrogens (tertiary/aromatic N) is 2. The number of piperazine rings is 1. The summed E-state index contributed by atoms with van der Waals surface area (Å²) in [6.07, 6.45) is 2.36. The lowest BCUT2D eigenvalue weighted by atomic mass is 9.94. The number of hydrogen-bond donors (Lipinski definition) is 2. The van der Waals surface area contributed by atoms with Crippen molar-refractivity contribution in [2.45, 2.75) is 45.7 Å². The third-order valence-corrected chi connectivity index (χ3v) is 4.46. The molecule has 6 nitrogen and oxygen atoms in total. The fourth-order valence-corrected chi connectivity index (χ4v) is 2.94. The van der Waals surface area contributed by atoms with Gasteiger partial charge in [-0.3, -0.25) is 9.69 Å². The predicted octanol–water partition coefficient (Wildman–Crippen LogP) is 0.975. The molecule has 0 aromatic carbocycles. The normalized spacial score (nSPS) is 27.2. The first kappa shape index (κ1) is 15.1. The van der Waals surface area contributed by atoms with Crippen LogP contribution in [0.25, 0.3) is 0 Å². The van der Waals surface area contributed by atoms with E-state index in [9.17, 15) is 9.59 Å². The lowest BCUT2D eigenvalue weighted by Crippen LogP contribution is -2.59. The van der Waals surface area contributed by atoms with Crippen LogP contribution >= 0.6 is 0 Å². The molecule has 2 unspecified atom stereocenters. The van der Waals surface area contributed by atoms with Gasteiger partial charge >= 0.3 is 12.0 Å². The van der Waals surface area contributed by atoms with Crippen LogP contribution in [-0.4, -0.2) is 65.2 Å². The molecule has 0 spiro atoms. The van der Waals surface area contributed by atoms with Gasteiger partial charge in [0.1, 0.15) is 0 Å². The highest BCUT2D eigenvalue weighted by molar-refractivity contribution is 5.78. The first-order valence-electron chi connectivity index (χ1n) is 7.33. The van der Waals surface area contributed by atoms with Crippen molar-refractivity contribution in [3.8, 4) is 0 Å². The van der Waals surface area contributed by atoms with Crippen LogP contribution in [0, 0.1) is 5.41 Å². The molecule has 0 aromatic heterocycles. The zero-order valence-electron chi connectivity index (χ0n) is 12.6. The quantitative estimate of drug-likeness (QED) is 0.809. The summed E-state index contributed by atoms with van der Waals surface area (Å²) in [6, 6.07) is 0.514. The molecule has 2 aliphatic heterocycles.